The number of nitriles is 1. The highest BCUT2D eigenvalue weighted by atomic mass is 15.2. The summed E-state index contributed by atoms with van der Waals surface area (Å²) in [6.45, 7) is 4.28. The lowest BCUT2D eigenvalue weighted by Gasteiger charge is -2.34. The monoisotopic (exact) mass is 385 g/mol. The van der Waals surface area contributed by atoms with Crippen molar-refractivity contribution in [3.05, 3.63) is 66.5 Å². The zero-order valence-electron chi connectivity index (χ0n) is 16.3. The van der Waals surface area contributed by atoms with E-state index in [2.05, 4.69) is 67.8 Å². The van der Waals surface area contributed by atoms with Crippen molar-refractivity contribution >= 4 is 28.7 Å². The number of piperazine rings is 1. The van der Waals surface area contributed by atoms with Crippen molar-refractivity contribution in [1.82, 2.24) is 14.9 Å². The molecule has 29 heavy (non-hydrogen) atoms. The lowest BCUT2D eigenvalue weighted by molar-refractivity contribution is 0.313. The molecule has 2 N–H and O–H groups in total. The standard InChI is InChI=1S/C22H23N7/c1-28-10-12-29(13-11-28)19-8-6-18(7-9-19)26-21-14-22(25-16-24-21)27-20-5-3-2-4-17(20)15-23/h2-9,14,16H,10-13H2,1H3,(H2,24,25,26,27). The molecular formula is C22H23N7. The first kappa shape index (κ1) is 18.7. The van der Waals surface area contributed by atoms with Crippen LogP contribution in [0.5, 0.6) is 0 Å². The van der Waals surface area contributed by atoms with Gasteiger partial charge in [-0.15, -0.1) is 0 Å². The lowest BCUT2D eigenvalue weighted by atomic mass is 10.2. The number of anilines is 5. The maximum absolute atomic E-state index is 9.23. The molecule has 0 radical (unpaired) electrons. The van der Waals surface area contributed by atoms with E-state index in [0.717, 1.165) is 37.6 Å². The number of rotatable bonds is 5. The maximum atomic E-state index is 9.23. The van der Waals surface area contributed by atoms with Crippen LogP contribution in [0, 0.1) is 11.3 Å². The van der Waals surface area contributed by atoms with Crippen LogP contribution in [-0.4, -0.2) is 48.1 Å². The third-order valence-corrected chi connectivity index (χ3v) is 4.99. The van der Waals surface area contributed by atoms with Gasteiger partial charge in [-0.1, -0.05) is 12.1 Å². The summed E-state index contributed by atoms with van der Waals surface area (Å²) in [5.74, 6) is 1.31. The van der Waals surface area contributed by atoms with Crippen LogP contribution in [0.25, 0.3) is 0 Å². The highest BCUT2D eigenvalue weighted by Crippen LogP contribution is 2.23. The van der Waals surface area contributed by atoms with E-state index < -0.39 is 0 Å². The Bertz CT molecular complexity index is 1000. The van der Waals surface area contributed by atoms with Crippen LogP contribution in [0.1, 0.15) is 5.56 Å². The highest BCUT2D eigenvalue weighted by Gasteiger charge is 2.14. The van der Waals surface area contributed by atoms with Gasteiger partial charge in [0.05, 0.1) is 11.3 Å². The van der Waals surface area contributed by atoms with E-state index in [0.29, 0.717) is 17.2 Å². The van der Waals surface area contributed by atoms with Gasteiger partial charge >= 0.3 is 0 Å². The Kier molecular flexibility index (Phi) is 5.54. The normalized spacial score (nSPS) is 14.3. The smallest absolute Gasteiger partial charge is 0.135 e. The van der Waals surface area contributed by atoms with E-state index >= 15 is 0 Å². The van der Waals surface area contributed by atoms with Gasteiger partial charge in [0.1, 0.15) is 24.0 Å². The lowest BCUT2D eigenvalue weighted by Crippen LogP contribution is -2.44. The third-order valence-electron chi connectivity index (χ3n) is 4.99. The van der Waals surface area contributed by atoms with Gasteiger partial charge in [-0.2, -0.15) is 5.26 Å². The predicted molar refractivity (Wildman–Crippen MR) is 116 cm³/mol. The second-order valence-electron chi connectivity index (χ2n) is 7.03. The van der Waals surface area contributed by atoms with E-state index in [1.54, 1.807) is 6.07 Å². The van der Waals surface area contributed by atoms with Crippen LogP contribution in [0.4, 0.5) is 28.7 Å². The number of likely N-dealkylation sites (N-methyl/N-ethyl adjacent to an activating group) is 1. The first-order valence-corrected chi connectivity index (χ1v) is 9.60. The van der Waals surface area contributed by atoms with Crippen molar-refractivity contribution in [2.45, 2.75) is 0 Å². The zero-order chi connectivity index (χ0) is 20.1. The van der Waals surface area contributed by atoms with Gasteiger partial charge in [0.15, 0.2) is 0 Å². The predicted octanol–water partition coefficient (Wildman–Crippen LogP) is 3.59. The molecule has 0 atom stereocenters. The second-order valence-corrected chi connectivity index (χ2v) is 7.03. The molecule has 0 amide bonds. The Morgan fingerprint density at radius 1 is 0.897 bits per heavy atom. The molecule has 1 aromatic heterocycles. The summed E-state index contributed by atoms with van der Waals surface area (Å²) in [6, 6.07) is 19.7. The molecule has 3 aromatic rings. The molecule has 0 unspecified atom stereocenters. The SMILES string of the molecule is CN1CCN(c2ccc(Nc3cc(Nc4ccccc4C#N)ncn3)cc2)CC1. The third kappa shape index (κ3) is 4.62. The fourth-order valence-corrected chi connectivity index (χ4v) is 3.29. The fraction of sp³-hybridized carbons (Fsp3) is 0.227. The molecule has 2 heterocycles. The minimum absolute atomic E-state index is 0.570. The van der Waals surface area contributed by atoms with Crippen LogP contribution < -0.4 is 15.5 Å². The van der Waals surface area contributed by atoms with Crippen LogP contribution >= 0.6 is 0 Å². The van der Waals surface area contributed by atoms with Gasteiger partial charge in [0.2, 0.25) is 0 Å². The van der Waals surface area contributed by atoms with Gasteiger partial charge in [0.25, 0.3) is 0 Å². The first-order chi connectivity index (χ1) is 14.2. The summed E-state index contributed by atoms with van der Waals surface area (Å²) in [5, 5.41) is 15.7. The molecule has 1 aliphatic rings. The fourth-order valence-electron chi connectivity index (χ4n) is 3.29. The first-order valence-electron chi connectivity index (χ1n) is 9.60. The topological polar surface area (TPSA) is 80.1 Å². The Balaban J connectivity index is 1.43. The molecule has 2 aromatic carbocycles. The van der Waals surface area contributed by atoms with Gasteiger partial charge in [0, 0.05) is 43.6 Å². The summed E-state index contributed by atoms with van der Waals surface area (Å²) < 4.78 is 0. The molecular weight excluding hydrogens is 362 g/mol. The van der Waals surface area contributed by atoms with Crippen LogP contribution in [0.15, 0.2) is 60.9 Å². The number of hydrogen-bond donors (Lipinski definition) is 2. The van der Waals surface area contributed by atoms with E-state index in [4.69, 9.17) is 0 Å². The van der Waals surface area contributed by atoms with E-state index in [1.165, 1.54) is 12.0 Å². The second kappa shape index (κ2) is 8.59. The minimum atomic E-state index is 0.570. The van der Waals surface area contributed by atoms with Crippen molar-refractivity contribution in [3.8, 4) is 6.07 Å². The molecule has 4 rings (SSSR count). The van der Waals surface area contributed by atoms with Crippen molar-refractivity contribution in [2.24, 2.45) is 0 Å². The average molecular weight is 385 g/mol. The quantitative estimate of drug-likeness (QED) is 0.695. The van der Waals surface area contributed by atoms with Crippen molar-refractivity contribution in [1.29, 1.82) is 5.26 Å². The molecule has 1 fully saturated rings. The molecule has 7 heteroatoms. The number of nitrogens with zero attached hydrogens (tertiary/aromatic N) is 5. The van der Waals surface area contributed by atoms with Gasteiger partial charge in [-0.05, 0) is 43.4 Å². The zero-order valence-corrected chi connectivity index (χ0v) is 16.3. The van der Waals surface area contributed by atoms with E-state index in [-0.39, 0.29) is 0 Å². The Morgan fingerprint density at radius 3 is 2.31 bits per heavy atom. The Morgan fingerprint density at radius 2 is 1.59 bits per heavy atom. The summed E-state index contributed by atoms with van der Waals surface area (Å²) >= 11 is 0. The summed E-state index contributed by atoms with van der Waals surface area (Å²) in [6.07, 6.45) is 1.50. The largest absolute Gasteiger partial charge is 0.369 e. The maximum Gasteiger partial charge on any atom is 0.135 e. The van der Waals surface area contributed by atoms with Crippen LogP contribution in [-0.2, 0) is 0 Å². The molecule has 1 aliphatic heterocycles. The van der Waals surface area contributed by atoms with E-state index in [9.17, 15) is 5.26 Å². The van der Waals surface area contributed by atoms with Crippen molar-refractivity contribution in [3.63, 3.8) is 0 Å². The molecule has 0 saturated carbocycles. The van der Waals surface area contributed by atoms with Crippen molar-refractivity contribution < 1.29 is 0 Å². The van der Waals surface area contributed by atoms with Gasteiger partial charge in [-0.25, -0.2) is 9.97 Å². The Labute approximate surface area is 170 Å². The molecule has 7 nitrogen and oxygen atoms in total. The number of nitrogens with one attached hydrogen (secondary N) is 2. The molecule has 146 valence electrons. The van der Waals surface area contributed by atoms with Crippen LogP contribution in [0.2, 0.25) is 0 Å². The van der Waals surface area contributed by atoms with E-state index in [1.807, 2.05) is 24.3 Å². The number of hydrogen-bond acceptors (Lipinski definition) is 7. The number of benzene rings is 2. The minimum Gasteiger partial charge on any atom is -0.369 e. The molecule has 1 saturated heterocycles. The summed E-state index contributed by atoms with van der Waals surface area (Å²) in [4.78, 5) is 13.3. The highest BCUT2D eigenvalue weighted by molar-refractivity contribution is 5.67. The molecule has 0 spiro atoms. The summed E-state index contributed by atoms with van der Waals surface area (Å²) in [5.41, 5.74) is 3.49. The number of aromatic nitrogens is 2. The number of para-hydroxylation sites is 1. The average Bonchev–Trinajstić information content (AvgIpc) is 2.76. The van der Waals surface area contributed by atoms with Gasteiger partial charge in [-0.3, -0.25) is 0 Å². The Hall–Kier alpha value is -3.63. The van der Waals surface area contributed by atoms with Gasteiger partial charge < -0.3 is 20.4 Å². The van der Waals surface area contributed by atoms with Crippen LogP contribution in [0.3, 0.4) is 0 Å². The molecule has 0 bridgehead atoms. The summed E-state index contributed by atoms with van der Waals surface area (Å²) in [7, 11) is 2.16. The van der Waals surface area contributed by atoms with Crippen molar-refractivity contribution in [2.75, 3.05) is 48.8 Å². The molecule has 0 aliphatic carbocycles.